The van der Waals surface area contributed by atoms with Crippen LogP contribution in [-0.2, 0) is 24.2 Å². The Kier molecular flexibility index (Phi) is 4.62. The number of rotatable bonds is 5. The van der Waals surface area contributed by atoms with E-state index >= 15 is 0 Å². The molecule has 7 nitrogen and oxygen atoms in total. The first-order valence-electron chi connectivity index (χ1n) is 9.08. The summed E-state index contributed by atoms with van der Waals surface area (Å²) in [7, 11) is 3.50. The second-order valence-corrected chi connectivity index (χ2v) is 6.99. The Bertz CT molecular complexity index is 1030. The lowest BCUT2D eigenvalue weighted by Gasteiger charge is -2.33. The Balaban J connectivity index is 1.73. The number of methoxy groups -OCH3 is 1. The number of benzene rings is 1. The summed E-state index contributed by atoms with van der Waals surface area (Å²) in [6.07, 6.45) is 3.88. The summed E-state index contributed by atoms with van der Waals surface area (Å²) in [5.41, 5.74) is 2.89. The zero-order valence-electron chi connectivity index (χ0n) is 15.7. The monoisotopic (exact) mass is 384 g/mol. The van der Waals surface area contributed by atoms with Crippen LogP contribution in [0.1, 0.15) is 17.7 Å². The van der Waals surface area contributed by atoms with Gasteiger partial charge in [0.25, 0.3) is 0 Å². The molecule has 8 heteroatoms. The van der Waals surface area contributed by atoms with Gasteiger partial charge in [-0.1, -0.05) is 0 Å². The van der Waals surface area contributed by atoms with Gasteiger partial charge in [0.05, 0.1) is 25.9 Å². The molecule has 1 aromatic carbocycles. The number of aliphatic carboxylic acids is 1. The average Bonchev–Trinajstić information content (AvgIpc) is 3.00. The van der Waals surface area contributed by atoms with E-state index in [2.05, 4.69) is 14.5 Å². The van der Waals surface area contributed by atoms with Gasteiger partial charge < -0.3 is 19.3 Å². The fraction of sp³-hybridized carbons (Fsp3) is 0.350. The highest BCUT2D eigenvalue weighted by Crippen LogP contribution is 2.34. The smallest absolute Gasteiger partial charge is 0.307 e. The Morgan fingerprint density at radius 2 is 2.14 bits per heavy atom. The van der Waals surface area contributed by atoms with Crippen molar-refractivity contribution in [3.63, 3.8) is 0 Å². The first kappa shape index (κ1) is 18.2. The fourth-order valence-corrected chi connectivity index (χ4v) is 4.00. The van der Waals surface area contributed by atoms with Crippen molar-refractivity contribution in [1.29, 1.82) is 0 Å². The van der Waals surface area contributed by atoms with E-state index in [4.69, 9.17) is 4.74 Å². The number of ether oxygens (including phenoxy) is 1. The van der Waals surface area contributed by atoms with Gasteiger partial charge in [0, 0.05) is 36.2 Å². The van der Waals surface area contributed by atoms with Gasteiger partial charge in [-0.05, 0) is 36.6 Å². The van der Waals surface area contributed by atoms with Crippen LogP contribution >= 0.6 is 0 Å². The Labute approximate surface area is 161 Å². The van der Waals surface area contributed by atoms with Gasteiger partial charge in [-0.3, -0.25) is 4.79 Å². The van der Waals surface area contributed by atoms with E-state index in [-0.39, 0.29) is 12.5 Å². The number of carboxylic acid groups (broad SMARTS) is 1. The lowest BCUT2D eigenvalue weighted by molar-refractivity contribution is -0.136. The van der Waals surface area contributed by atoms with Crippen molar-refractivity contribution in [2.45, 2.75) is 31.8 Å². The quantitative estimate of drug-likeness (QED) is 0.729. The predicted molar refractivity (Wildman–Crippen MR) is 102 cm³/mol. The van der Waals surface area contributed by atoms with Crippen molar-refractivity contribution in [1.82, 2.24) is 14.5 Å². The molecule has 1 unspecified atom stereocenters. The van der Waals surface area contributed by atoms with Crippen LogP contribution in [0.3, 0.4) is 0 Å². The lowest BCUT2D eigenvalue weighted by Crippen LogP contribution is -2.40. The third-order valence-corrected chi connectivity index (χ3v) is 5.40. The van der Waals surface area contributed by atoms with Crippen LogP contribution in [0.5, 0.6) is 5.75 Å². The van der Waals surface area contributed by atoms with Crippen LogP contribution in [0.2, 0.25) is 0 Å². The van der Waals surface area contributed by atoms with Crippen molar-refractivity contribution < 1.29 is 19.0 Å². The maximum absolute atomic E-state index is 13.1. The van der Waals surface area contributed by atoms with Crippen molar-refractivity contribution >= 4 is 22.8 Å². The van der Waals surface area contributed by atoms with Crippen molar-refractivity contribution in [2.75, 3.05) is 19.1 Å². The molecule has 3 heterocycles. The molecule has 0 spiro atoms. The molecule has 0 aliphatic carbocycles. The second-order valence-electron chi connectivity index (χ2n) is 6.99. The normalized spacial score (nSPS) is 16.0. The molecule has 1 aliphatic heterocycles. The highest BCUT2D eigenvalue weighted by molar-refractivity contribution is 5.90. The zero-order chi connectivity index (χ0) is 19.8. The minimum absolute atomic E-state index is 0.0203. The third kappa shape index (κ3) is 3.15. The molecule has 2 aromatic heterocycles. The summed E-state index contributed by atoms with van der Waals surface area (Å²) in [6, 6.07) is 5.88. The lowest BCUT2D eigenvalue weighted by atomic mass is 9.99. The number of halogens is 1. The van der Waals surface area contributed by atoms with E-state index in [1.807, 2.05) is 30.1 Å². The zero-order valence-corrected chi connectivity index (χ0v) is 15.7. The number of carbonyl (C=O) groups is 1. The summed E-state index contributed by atoms with van der Waals surface area (Å²) in [5.74, 6) is -0.141. The minimum atomic E-state index is -0.850. The fourth-order valence-electron chi connectivity index (χ4n) is 4.00. The number of carboxylic acids is 1. The molecule has 1 N–H and O–H groups in total. The van der Waals surface area contributed by atoms with Crippen molar-refractivity contribution in [3.05, 3.63) is 47.7 Å². The van der Waals surface area contributed by atoms with Gasteiger partial charge in [-0.25, -0.2) is 14.4 Å². The minimum Gasteiger partial charge on any atom is -0.497 e. The molecule has 146 valence electrons. The van der Waals surface area contributed by atoms with E-state index in [1.165, 1.54) is 0 Å². The number of fused-ring (bicyclic) bond motifs is 3. The van der Waals surface area contributed by atoms with Crippen molar-refractivity contribution in [3.8, 4) is 5.75 Å². The molecule has 0 saturated carbocycles. The van der Waals surface area contributed by atoms with Gasteiger partial charge in [0.2, 0.25) is 5.95 Å². The molecule has 1 aliphatic rings. The molecule has 0 saturated heterocycles. The van der Waals surface area contributed by atoms with E-state index in [0.29, 0.717) is 18.2 Å². The van der Waals surface area contributed by atoms with Crippen LogP contribution in [0.4, 0.5) is 10.3 Å². The topological polar surface area (TPSA) is 80.5 Å². The number of hydrogen-bond acceptors (Lipinski definition) is 5. The first-order chi connectivity index (χ1) is 13.5. The highest BCUT2D eigenvalue weighted by atomic mass is 19.1. The van der Waals surface area contributed by atoms with Crippen LogP contribution in [0.15, 0.2) is 30.6 Å². The van der Waals surface area contributed by atoms with E-state index in [0.717, 1.165) is 47.4 Å². The summed E-state index contributed by atoms with van der Waals surface area (Å²) < 4.78 is 20.6. The van der Waals surface area contributed by atoms with Gasteiger partial charge in [0.1, 0.15) is 5.75 Å². The Morgan fingerprint density at radius 1 is 1.39 bits per heavy atom. The van der Waals surface area contributed by atoms with Gasteiger partial charge >= 0.3 is 5.97 Å². The summed E-state index contributed by atoms with van der Waals surface area (Å²) in [6.45, 7) is 0.676. The Hall–Kier alpha value is -3.16. The van der Waals surface area contributed by atoms with E-state index in [9.17, 15) is 14.3 Å². The van der Waals surface area contributed by atoms with Crippen LogP contribution in [-0.4, -0.2) is 45.8 Å². The average molecular weight is 384 g/mol. The molecular weight excluding hydrogens is 363 g/mol. The van der Waals surface area contributed by atoms with Gasteiger partial charge in [-0.2, -0.15) is 0 Å². The summed E-state index contributed by atoms with van der Waals surface area (Å²) in [4.78, 5) is 21.5. The number of aromatic nitrogens is 3. The number of hydrogen-bond donors (Lipinski definition) is 1. The number of nitrogens with zero attached hydrogens (tertiary/aromatic N) is 4. The van der Waals surface area contributed by atoms with Gasteiger partial charge in [0.15, 0.2) is 5.82 Å². The maximum atomic E-state index is 13.1. The Morgan fingerprint density at radius 3 is 2.82 bits per heavy atom. The largest absolute Gasteiger partial charge is 0.497 e. The molecular formula is C20H21FN4O3. The molecule has 0 amide bonds. The SMILES string of the molecule is COc1ccc2c(c1)c(CC(=O)O)c1n2CC(N(C)c2ncc(F)cn2)CC1. The molecule has 0 fully saturated rings. The molecule has 0 bridgehead atoms. The third-order valence-electron chi connectivity index (χ3n) is 5.40. The second kappa shape index (κ2) is 7.10. The number of likely N-dealkylation sites (N-methyl/N-ethyl adjacent to an activating group) is 1. The van der Waals surface area contributed by atoms with Crippen LogP contribution < -0.4 is 9.64 Å². The van der Waals surface area contributed by atoms with Crippen molar-refractivity contribution in [2.24, 2.45) is 0 Å². The summed E-state index contributed by atoms with van der Waals surface area (Å²) in [5, 5.41) is 10.3. The number of anilines is 1. The molecule has 0 radical (unpaired) electrons. The van der Waals surface area contributed by atoms with Gasteiger partial charge in [-0.15, -0.1) is 0 Å². The van der Waals surface area contributed by atoms with Crippen LogP contribution in [0.25, 0.3) is 10.9 Å². The van der Waals surface area contributed by atoms with E-state index in [1.54, 1.807) is 7.11 Å². The molecule has 4 rings (SSSR count). The standard InChI is InChI=1S/C20H21FN4O3/c1-24(20-22-9-12(21)10-23-20)13-3-5-17-16(8-19(26)27)15-7-14(28-2)4-6-18(15)25(17)11-13/h4,6-7,9-10,13H,3,5,8,11H2,1-2H3,(H,26,27). The van der Waals surface area contributed by atoms with Crippen LogP contribution in [0, 0.1) is 5.82 Å². The molecule has 28 heavy (non-hydrogen) atoms. The summed E-state index contributed by atoms with van der Waals surface area (Å²) >= 11 is 0. The molecule has 1 atom stereocenters. The first-order valence-corrected chi connectivity index (χ1v) is 9.08. The predicted octanol–water partition coefficient (Wildman–Crippen LogP) is 2.66. The molecule has 3 aromatic rings. The maximum Gasteiger partial charge on any atom is 0.307 e. The van der Waals surface area contributed by atoms with E-state index < -0.39 is 11.8 Å². The highest BCUT2D eigenvalue weighted by Gasteiger charge is 2.28.